The van der Waals surface area contributed by atoms with E-state index in [0.717, 1.165) is 0 Å². The fourth-order valence-corrected chi connectivity index (χ4v) is 4.28. The van der Waals surface area contributed by atoms with Crippen LogP contribution in [0, 0.1) is 0 Å². The minimum absolute atomic E-state index is 0.119. The second kappa shape index (κ2) is 9.75. The topological polar surface area (TPSA) is 84.5 Å². The van der Waals surface area contributed by atoms with Crippen molar-refractivity contribution in [2.75, 3.05) is 12.4 Å². The molecule has 0 saturated heterocycles. The normalized spacial score (nSPS) is 12.2. The zero-order valence-corrected chi connectivity index (χ0v) is 17.8. The second-order valence-electron chi connectivity index (χ2n) is 6.49. The lowest BCUT2D eigenvalue weighted by Gasteiger charge is -2.20. The zero-order valence-electron chi connectivity index (χ0n) is 16.2. The van der Waals surface area contributed by atoms with E-state index in [1.165, 1.54) is 19.2 Å². The minimum atomic E-state index is -3.84. The molecule has 0 aliphatic rings. The van der Waals surface area contributed by atoms with Gasteiger partial charge in [0.05, 0.1) is 23.7 Å². The van der Waals surface area contributed by atoms with Gasteiger partial charge in [0.25, 0.3) is 0 Å². The number of methoxy groups -OCH3 is 1. The Hall–Kier alpha value is -2.87. The summed E-state index contributed by atoms with van der Waals surface area (Å²) < 4.78 is 33.5. The summed E-state index contributed by atoms with van der Waals surface area (Å²) in [5.41, 5.74) is 1.12. The van der Waals surface area contributed by atoms with Gasteiger partial charge in [0.2, 0.25) is 15.9 Å². The van der Waals surface area contributed by atoms with Crippen LogP contribution in [-0.4, -0.2) is 21.4 Å². The van der Waals surface area contributed by atoms with Crippen LogP contribution in [0.3, 0.4) is 0 Å². The fourth-order valence-electron chi connectivity index (χ4n) is 2.91. The number of sulfonamides is 1. The molecule has 0 saturated carbocycles. The predicted octanol–water partition coefficient (Wildman–Crippen LogP) is 4.40. The Balaban J connectivity index is 1.84. The van der Waals surface area contributed by atoms with E-state index in [1.54, 1.807) is 66.7 Å². The molecule has 3 aromatic rings. The van der Waals surface area contributed by atoms with Crippen molar-refractivity contribution in [2.24, 2.45) is 0 Å². The highest BCUT2D eigenvalue weighted by Gasteiger charge is 2.24. The van der Waals surface area contributed by atoms with Gasteiger partial charge in [0.1, 0.15) is 5.75 Å². The molecule has 0 fully saturated rings. The van der Waals surface area contributed by atoms with Crippen molar-refractivity contribution in [1.29, 1.82) is 0 Å². The smallest absolute Gasteiger partial charge is 0.241 e. The van der Waals surface area contributed by atoms with E-state index in [1.807, 2.05) is 0 Å². The standard InChI is InChI=1S/C22H21ClN2O4S/c1-29-21-10-6-5-9-19(21)24-22(26)15-20(16-11-13-17(23)14-12-16)25-30(27,28)18-7-3-2-4-8-18/h2-14,20,25H,15H2,1H3,(H,24,26)/t20-/m1/s1. The first-order valence-electron chi connectivity index (χ1n) is 9.15. The van der Waals surface area contributed by atoms with Crippen molar-refractivity contribution in [1.82, 2.24) is 4.72 Å². The van der Waals surface area contributed by atoms with Crippen molar-refractivity contribution in [3.63, 3.8) is 0 Å². The van der Waals surface area contributed by atoms with Crippen LogP contribution >= 0.6 is 11.6 Å². The van der Waals surface area contributed by atoms with Crippen LogP contribution in [0.1, 0.15) is 18.0 Å². The first-order chi connectivity index (χ1) is 14.4. The van der Waals surface area contributed by atoms with Crippen LogP contribution in [0.4, 0.5) is 5.69 Å². The number of amides is 1. The molecule has 0 aliphatic carbocycles. The number of benzene rings is 3. The second-order valence-corrected chi connectivity index (χ2v) is 8.64. The highest BCUT2D eigenvalue weighted by molar-refractivity contribution is 7.89. The maximum atomic E-state index is 12.8. The summed E-state index contributed by atoms with van der Waals surface area (Å²) in [6.07, 6.45) is -0.119. The molecule has 2 N–H and O–H groups in total. The number of nitrogens with one attached hydrogen (secondary N) is 2. The predicted molar refractivity (Wildman–Crippen MR) is 117 cm³/mol. The third-order valence-corrected chi connectivity index (χ3v) is 6.13. The molecule has 0 spiro atoms. The van der Waals surface area contributed by atoms with E-state index in [-0.39, 0.29) is 17.2 Å². The molecule has 6 nitrogen and oxygen atoms in total. The number of hydrogen-bond acceptors (Lipinski definition) is 4. The number of carbonyl (C=O) groups excluding carboxylic acids is 1. The Bertz CT molecular complexity index is 1100. The van der Waals surface area contributed by atoms with Crippen LogP contribution in [0.5, 0.6) is 5.75 Å². The SMILES string of the molecule is COc1ccccc1NC(=O)C[C@@H](NS(=O)(=O)c1ccccc1)c1ccc(Cl)cc1. The fraction of sp³-hybridized carbons (Fsp3) is 0.136. The van der Waals surface area contributed by atoms with Crippen LogP contribution < -0.4 is 14.8 Å². The highest BCUT2D eigenvalue weighted by Crippen LogP contribution is 2.26. The largest absolute Gasteiger partial charge is 0.495 e. The van der Waals surface area contributed by atoms with Gasteiger partial charge in [-0.25, -0.2) is 13.1 Å². The molecular weight excluding hydrogens is 424 g/mol. The number of anilines is 1. The number of ether oxygens (including phenoxy) is 1. The summed E-state index contributed by atoms with van der Waals surface area (Å²) >= 11 is 5.96. The quantitative estimate of drug-likeness (QED) is 0.539. The van der Waals surface area contributed by atoms with E-state index in [2.05, 4.69) is 10.0 Å². The maximum absolute atomic E-state index is 12.8. The van der Waals surface area contributed by atoms with Crippen molar-refractivity contribution in [3.05, 3.63) is 89.4 Å². The zero-order chi connectivity index (χ0) is 21.6. The van der Waals surface area contributed by atoms with Crippen LogP contribution in [-0.2, 0) is 14.8 Å². The number of halogens is 1. The summed E-state index contributed by atoms with van der Waals surface area (Å²) in [4.78, 5) is 12.8. The van der Waals surface area contributed by atoms with Gasteiger partial charge in [-0.2, -0.15) is 0 Å². The van der Waals surface area contributed by atoms with Gasteiger partial charge in [-0.1, -0.05) is 54.1 Å². The molecular formula is C22H21ClN2O4S. The Morgan fingerprint density at radius 3 is 2.27 bits per heavy atom. The molecule has 0 heterocycles. The van der Waals surface area contributed by atoms with E-state index in [4.69, 9.17) is 16.3 Å². The molecule has 156 valence electrons. The summed E-state index contributed by atoms with van der Waals surface area (Å²) in [6, 6.07) is 20.9. The summed E-state index contributed by atoms with van der Waals surface area (Å²) in [5.74, 6) is 0.147. The van der Waals surface area contributed by atoms with Gasteiger partial charge in [0.15, 0.2) is 0 Å². The maximum Gasteiger partial charge on any atom is 0.241 e. The molecule has 3 aromatic carbocycles. The number of rotatable bonds is 8. The van der Waals surface area contributed by atoms with Gasteiger partial charge in [-0.3, -0.25) is 4.79 Å². The first kappa shape index (κ1) is 21.8. The van der Waals surface area contributed by atoms with E-state index in [0.29, 0.717) is 22.0 Å². The molecule has 1 amide bonds. The minimum Gasteiger partial charge on any atom is -0.495 e. The molecule has 0 unspecified atom stereocenters. The molecule has 0 aromatic heterocycles. The first-order valence-corrected chi connectivity index (χ1v) is 11.0. The lowest BCUT2D eigenvalue weighted by atomic mass is 10.0. The number of carbonyl (C=O) groups is 1. The molecule has 0 aliphatic heterocycles. The van der Waals surface area contributed by atoms with E-state index < -0.39 is 16.1 Å². The van der Waals surface area contributed by atoms with Gasteiger partial charge >= 0.3 is 0 Å². The Labute approximate surface area is 180 Å². The van der Waals surface area contributed by atoms with E-state index >= 15 is 0 Å². The van der Waals surface area contributed by atoms with Crippen LogP contribution in [0.25, 0.3) is 0 Å². The highest BCUT2D eigenvalue weighted by atomic mass is 35.5. The monoisotopic (exact) mass is 444 g/mol. The lowest BCUT2D eigenvalue weighted by molar-refractivity contribution is -0.116. The molecule has 8 heteroatoms. The molecule has 3 rings (SSSR count). The number of para-hydroxylation sites is 2. The Morgan fingerprint density at radius 1 is 0.967 bits per heavy atom. The number of hydrogen-bond donors (Lipinski definition) is 2. The van der Waals surface area contributed by atoms with Gasteiger partial charge in [-0.15, -0.1) is 0 Å². The van der Waals surface area contributed by atoms with Crippen molar-refractivity contribution in [3.8, 4) is 5.75 Å². The van der Waals surface area contributed by atoms with Crippen LogP contribution in [0.2, 0.25) is 5.02 Å². The summed E-state index contributed by atoms with van der Waals surface area (Å²) in [5, 5.41) is 3.29. The molecule has 30 heavy (non-hydrogen) atoms. The summed E-state index contributed by atoms with van der Waals surface area (Å²) in [6.45, 7) is 0. The van der Waals surface area contributed by atoms with Gasteiger partial charge in [-0.05, 0) is 42.0 Å². The average molecular weight is 445 g/mol. The van der Waals surface area contributed by atoms with E-state index in [9.17, 15) is 13.2 Å². The Kier molecular flexibility index (Phi) is 7.10. The Morgan fingerprint density at radius 2 is 1.60 bits per heavy atom. The van der Waals surface area contributed by atoms with Crippen molar-refractivity contribution >= 4 is 33.2 Å². The summed E-state index contributed by atoms with van der Waals surface area (Å²) in [7, 11) is -2.33. The third kappa shape index (κ3) is 5.60. The third-order valence-electron chi connectivity index (χ3n) is 4.39. The van der Waals surface area contributed by atoms with Crippen LogP contribution in [0.15, 0.2) is 83.8 Å². The van der Waals surface area contributed by atoms with Gasteiger partial charge < -0.3 is 10.1 Å². The van der Waals surface area contributed by atoms with Gasteiger partial charge in [0, 0.05) is 11.4 Å². The molecule has 0 bridgehead atoms. The molecule has 0 radical (unpaired) electrons. The molecule has 1 atom stereocenters. The van der Waals surface area contributed by atoms with Crippen molar-refractivity contribution in [2.45, 2.75) is 17.4 Å². The van der Waals surface area contributed by atoms with Crippen molar-refractivity contribution < 1.29 is 17.9 Å². The lowest BCUT2D eigenvalue weighted by Crippen LogP contribution is -2.31. The average Bonchev–Trinajstić information content (AvgIpc) is 2.74.